The Morgan fingerprint density at radius 1 is 1.50 bits per heavy atom. The molecule has 1 aromatic rings. The summed E-state index contributed by atoms with van der Waals surface area (Å²) < 4.78 is 1.02. The maximum absolute atomic E-state index is 12.0. The van der Waals surface area contributed by atoms with E-state index in [-0.39, 0.29) is 17.7 Å². The molecule has 0 spiro atoms. The second-order valence-corrected chi connectivity index (χ2v) is 5.35. The van der Waals surface area contributed by atoms with Gasteiger partial charge in [0.05, 0.1) is 5.92 Å². The first-order valence-electron chi connectivity index (χ1n) is 5.90. The van der Waals surface area contributed by atoms with Crippen molar-refractivity contribution in [1.29, 1.82) is 0 Å². The van der Waals surface area contributed by atoms with Crippen molar-refractivity contribution in [3.63, 3.8) is 0 Å². The average molecular weight is 311 g/mol. The van der Waals surface area contributed by atoms with E-state index >= 15 is 0 Å². The van der Waals surface area contributed by atoms with Crippen LogP contribution >= 0.6 is 15.9 Å². The van der Waals surface area contributed by atoms with E-state index in [9.17, 15) is 9.59 Å². The number of anilines is 1. The number of carbonyl (C=O) groups excluding carboxylic acids is 2. The molecule has 1 aliphatic rings. The zero-order valence-corrected chi connectivity index (χ0v) is 11.7. The molecule has 1 unspecified atom stereocenters. The fraction of sp³-hybridized carbons (Fsp3) is 0.385. The summed E-state index contributed by atoms with van der Waals surface area (Å²) in [6, 6.07) is 5.69. The number of amides is 2. The van der Waals surface area contributed by atoms with Gasteiger partial charge in [0.2, 0.25) is 11.8 Å². The van der Waals surface area contributed by atoms with Crippen LogP contribution in [0.1, 0.15) is 18.4 Å². The van der Waals surface area contributed by atoms with Crippen LogP contribution in [0.4, 0.5) is 5.69 Å². The van der Waals surface area contributed by atoms with Crippen LogP contribution in [-0.2, 0) is 9.59 Å². The summed E-state index contributed by atoms with van der Waals surface area (Å²) in [5.41, 5.74) is 1.86. The van der Waals surface area contributed by atoms with Crippen LogP contribution < -0.4 is 10.6 Å². The van der Waals surface area contributed by atoms with Gasteiger partial charge in [-0.2, -0.15) is 0 Å². The predicted molar refractivity (Wildman–Crippen MR) is 73.2 cm³/mol. The Morgan fingerprint density at radius 2 is 2.28 bits per heavy atom. The van der Waals surface area contributed by atoms with Crippen LogP contribution in [0.15, 0.2) is 22.7 Å². The molecule has 0 bridgehead atoms. The summed E-state index contributed by atoms with van der Waals surface area (Å²) in [5, 5.41) is 5.60. The molecule has 1 aromatic carbocycles. The smallest absolute Gasteiger partial charge is 0.229 e. The Kier molecular flexibility index (Phi) is 4.01. The monoisotopic (exact) mass is 310 g/mol. The molecule has 0 aromatic heterocycles. The number of benzene rings is 1. The largest absolute Gasteiger partial charge is 0.355 e. The molecule has 18 heavy (non-hydrogen) atoms. The SMILES string of the molecule is Cc1cc(NC(=O)C2CCC(=O)NC2)ccc1Br. The minimum absolute atomic E-state index is 0.0264. The van der Waals surface area contributed by atoms with Gasteiger partial charge in [0.1, 0.15) is 0 Å². The van der Waals surface area contributed by atoms with E-state index in [1.807, 2.05) is 25.1 Å². The van der Waals surface area contributed by atoms with Gasteiger partial charge < -0.3 is 10.6 Å². The van der Waals surface area contributed by atoms with Gasteiger partial charge >= 0.3 is 0 Å². The predicted octanol–water partition coefficient (Wildman–Crippen LogP) is 2.22. The first kappa shape index (κ1) is 13.1. The number of aryl methyl sites for hydroxylation is 1. The summed E-state index contributed by atoms with van der Waals surface area (Å²) in [5.74, 6) is -0.137. The van der Waals surface area contributed by atoms with Crippen molar-refractivity contribution in [2.75, 3.05) is 11.9 Å². The maximum Gasteiger partial charge on any atom is 0.229 e. The summed E-state index contributed by atoms with van der Waals surface area (Å²) in [4.78, 5) is 23.0. The van der Waals surface area contributed by atoms with Crippen molar-refractivity contribution in [2.24, 2.45) is 5.92 Å². The van der Waals surface area contributed by atoms with Crippen LogP contribution in [0.3, 0.4) is 0 Å². The van der Waals surface area contributed by atoms with Crippen molar-refractivity contribution in [3.05, 3.63) is 28.2 Å². The lowest BCUT2D eigenvalue weighted by Crippen LogP contribution is -2.40. The molecule has 0 radical (unpaired) electrons. The normalized spacial score (nSPS) is 19.2. The van der Waals surface area contributed by atoms with Crippen molar-refractivity contribution >= 4 is 33.4 Å². The van der Waals surface area contributed by atoms with Crippen molar-refractivity contribution < 1.29 is 9.59 Å². The van der Waals surface area contributed by atoms with Crippen molar-refractivity contribution in [1.82, 2.24) is 5.32 Å². The zero-order valence-electron chi connectivity index (χ0n) is 10.1. The fourth-order valence-electron chi connectivity index (χ4n) is 1.92. The van der Waals surface area contributed by atoms with Gasteiger partial charge in [-0.25, -0.2) is 0 Å². The Labute approximate surface area is 114 Å². The molecule has 1 atom stereocenters. The van der Waals surface area contributed by atoms with Crippen LogP contribution in [0.25, 0.3) is 0 Å². The zero-order chi connectivity index (χ0) is 13.1. The molecule has 4 nitrogen and oxygen atoms in total. The lowest BCUT2D eigenvalue weighted by molar-refractivity contribution is -0.126. The van der Waals surface area contributed by atoms with Gasteiger partial charge in [0.15, 0.2) is 0 Å². The van der Waals surface area contributed by atoms with E-state index in [1.165, 1.54) is 0 Å². The Hall–Kier alpha value is -1.36. The molecule has 2 N–H and O–H groups in total. The van der Waals surface area contributed by atoms with Gasteiger partial charge in [-0.15, -0.1) is 0 Å². The number of piperidine rings is 1. The highest BCUT2D eigenvalue weighted by Gasteiger charge is 2.24. The highest BCUT2D eigenvalue weighted by molar-refractivity contribution is 9.10. The minimum Gasteiger partial charge on any atom is -0.355 e. The first-order chi connectivity index (χ1) is 8.56. The van der Waals surface area contributed by atoms with Crippen LogP contribution in [-0.4, -0.2) is 18.4 Å². The van der Waals surface area contributed by atoms with E-state index in [2.05, 4.69) is 26.6 Å². The first-order valence-corrected chi connectivity index (χ1v) is 6.69. The second-order valence-electron chi connectivity index (χ2n) is 4.49. The summed E-state index contributed by atoms with van der Waals surface area (Å²) in [6.45, 7) is 2.40. The standard InChI is InChI=1S/C13H15BrN2O2/c1-8-6-10(3-4-11(8)14)16-13(18)9-2-5-12(17)15-7-9/h3-4,6,9H,2,5,7H2,1H3,(H,15,17)(H,16,18). The van der Waals surface area contributed by atoms with E-state index in [0.29, 0.717) is 19.4 Å². The van der Waals surface area contributed by atoms with E-state index in [1.54, 1.807) is 0 Å². The number of nitrogens with one attached hydrogen (secondary N) is 2. The average Bonchev–Trinajstić information content (AvgIpc) is 2.34. The van der Waals surface area contributed by atoms with Crippen molar-refractivity contribution in [3.8, 4) is 0 Å². The molecule has 1 fully saturated rings. The van der Waals surface area contributed by atoms with Gasteiger partial charge in [-0.3, -0.25) is 9.59 Å². The third-order valence-corrected chi connectivity index (χ3v) is 3.95. The summed E-state index contributed by atoms with van der Waals surface area (Å²) in [6.07, 6.45) is 1.05. The fourth-order valence-corrected chi connectivity index (χ4v) is 2.17. The number of hydrogen-bond donors (Lipinski definition) is 2. The highest BCUT2D eigenvalue weighted by atomic mass is 79.9. The van der Waals surface area contributed by atoms with E-state index in [0.717, 1.165) is 15.7 Å². The number of halogens is 1. The number of hydrogen-bond acceptors (Lipinski definition) is 2. The lowest BCUT2D eigenvalue weighted by Gasteiger charge is -2.21. The highest BCUT2D eigenvalue weighted by Crippen LogP contribution is 2.21. The van der Waals surface area contributed by atoms with Crippen LogP contribution in [0, 0.1) is 12.8 Å². The lowest BCUT2D eigenvalue weighted by atomic mass is 9.98. The summed E-state index contributed by atoms with van der Waals surface area (Å²) >= 11 is 3.42. The Bertz CT molecular complexity index is 478. The quantitative estimate of drug-likeness (QED) is 0.880. The molecule has 2 rings (SSSR count). The molecular weight excluding hydrogens is 296 g/mol. The number of carbonyl (C=O) groups is 2. The van der Waals surface area contributed by atoms with Gasteiger partial charge in [-0.1, -0.05) is 15.9 Å². The Balaban J connectivity index is 1.98. The van der Waals surface area contributed by atoms with E-state index in [4.69, 9.17) is 0 Å². The molecular formula is C13H15BrN2O2. The molecule has 1 heterocycles. The third-order valence-electron chi connectivity index (χ3n) is 3.06. The minimum atomic E-state index is -0.133. The molecule has 96 valence electrons. The molecule has 2 amide bonds. The third kappa shape index (κ3) is 3.10. The molecule has 0 saturated carbocycles. The molecule has 1 saturated heterocycles. The second kappa shape index (κ2) is 5.52. The summed E-state index contributed by atoms with van der Waals surface area (Å²) in [7, 11) is 0. The van der Waals surface area contributed by atoms with Crippen molar-refractivity contribution in [2.45, 2.75) is 19.8 Å². The van der Waals surface area contributed by atoms with Gasteiger partial charge in [-0.05, 0) is 37.1 Å². The topological polar surface area (TPSA) is 58.2 Å². The van der Waals surface area contributed by atoms with Crippen LogP contribution in [0.2, 0.25) is 0 Å². The van der Waals surface area contributed by atoms with Gasteiger partial charge in [0.25, 0.3) is 0 Å². The van der Waals surface area contributed by atoms with Gasteiger partial charge in [0, 0.05) is 23.1 Å². The molecule has 1 aliphatic heterocycles. The Morgan fingerprint density at radius 3 is 2.89 bits per heavy atom. The maximum atomic E-state index is 12.0. The molecule has 5 heteroatoms. The number of rotatable bonds is 2. The van der Waals surface area contributed by atoms with Crippen LogP contribution in [0.5, 0.6) is 0 Å². The molecule has 0 aliphatic carbocycles. The van der Waals surface area contributed by atoms with E-state index < -0.39 is 0 Å².